The van der Waals surface area contributed by atoms with Crippen molar-refractivity contribution >= 4 is 0 Å². The Morgan fingerprint density at radius 1 is 1.42 bits per heavy atom. The van der Waals surface area contributed by atoms with Gasteiger partial charge in [0.2, 0.25) is 0 Å². The Morgan fingerprint density at radius 3 is 2.79 bits per heavy atom. The highest BCUT2D eigenvalue weighted by atomic mass is 16.5. The molecule has 1 unspecified atom stereocenters. The van der Waals surface area contributed by atoms with Crippen molar-refractivity contribution in [3.05, 3.63) is 23.3 Å². The number of aromatic hydroxyl groups is 1. The van der Waals surface area contributed by atoms with E-state index in [2.05, 4.69) is 25.2 Å². The Hall–Kier alpha value is -1.22. The van der Waals surface area contributed by atoms with Crippen LogP contribution in [0.15, 0.2) is 12.1 Å². The third-order valence-corrected chi connectivity index (χ3v) is 3.95. The molecule has 1 atom stereocenters. The molecular weight excluding hydrogens is 238 g/mol. The smallest absolute Gasteiger partial charge is 0.163 e. The first-order valence-corrected chi connectivity index (χ1v) is 7.22. The first-order chi connectivity index (χ1) is 9.11. The molecule has 1 fully saturated rings. The summed E-state index contributed by atoms with van der Waals surface area (Å²) in [6.07, 6.45) is 3.47. The van der Waals surface area contributed by atoms with Crippen LogP contribution in [-0.2, 0) is 6.42 Å². The molecule has 1 heterocycles. The predicted octanol–water partition coefficient (Wildman–Crippen LogP) is 3.07. The van der Waals surface area contributed by atoms with Crippen LogP contribution in [0, 0.1) is 5.92 Å². The van der Waals surface area contributed by atoms with Crippen LogP contribution >= 0.6 is 0 Å². The minimum Gasteiger partial charge on any atom is -0.504 e. The van der Waals surface area contributed by atoms with Crippen LogP contribution in [0.4, 0.5) is 0 Å². The van der Waals surface area contributed by atoms with Gasteiger partial charge in [0, 0.05) is 0 Å². The topological polar surface area (TPSA) is 41.5 Å². The first-order valence-electron chi connectivity index (χ1n) is 7.22. The van der Waals surface area contributed by atoms with Gasteiger partial charge in [-0.25, -0.2) is 0 Å². The summed E-state index contributed by atoms with van der Waals surface area (Å²) in [6.45, 7) is 6.49. The number of piperidine rings is 1. The lowest BCUT2D eigenvalue weighted by atomic mass is 9.89. The highest BCUT2D eigenvalue weighted by Gasteiger charge is 2.18. The number of rotatable bonds is 4. The highest BCUT2D eigenvalue weighted by molar-refractivity contribution is 5.49. The summed E-state index contributed by atoms with van der Waals surface area (Å²) in [5.74, 6) is 1.98. The van der Waals surface area contributed by atoms with Crippen LogP contribution in [0.5, 0.6) is 11.5 Å². The molecule has 1 saturated heterocycles. The van der Waals surface area contributed by atoms with Crippen molar-refractivity contribution < 1.29 is 9.84 Å². The van der Waals surface area contributed by atoms with E-state index in [4.69, 9.17) is 4.74 Å². The fourth-order valence-corrected chi connectivity index (χ4v) is 2.83. The van der Waals surface area contributed by atoms with Crippen LogP contribution < -0.4 is 10.1 Å². The fraction of sp³-hybridized carbons (Fsp3) is 0.625. The number of benzene rings is 1. The SMILES string of the molecule is COc1c(O)cc(C(C)C)cc1CC1CCCNC1. The molecule has 0 aromatic heterocycles. The molecule has 3 heteroatoms. The Kier molecular flexibility index (Phi) is 4.70. The Bertz CT molecular complexity index is 423. The van der Waals surface area contributed by atoms with Gasteiger partial charge < -0.3 is 15.2 Å². The van der Waals surface area contributed by atoms with Crippen molar-refractivity contribution in [1.29, 1.82) is 0 Å². The minimum atomic E-state index is 0.271. The largest absolute Gasteiger partial charge is 0.504 e. The number of methoxy groups -OCH3 is 1. The van der Waals surface area contributed by atoms with Crippen LogP contribution in [-0.4, -0.2) is 25.3 Å². The highest BCUT2D eigenvalue weighted by Crippen LogP contribution is 2.36. The average molecular weight is 263 g/mol. The second-order valence-electron chi connectivity index (χ2n) is 5.80. The zero-order valence-electron chi connectivity index (χ0n) is 12.2. The van der Waals surface area contributed by atoms with Gasteiger partial charge in [-0.2, -0.15) is 0 Å². The standard InChI is InChI=1S/C16H25NO2/c1-11(2)13-8-14(16(19-3)15(18)9-13)7-12-5-4-6-17-10-12/h8-9,11-12,17-18H,4-7,10H2,1-3H3. The van der Waals surface area contributed by atoms with Gasteiger partial charge in [-0.3, -0.25) is 0 Å². The normalized spacial score (nSPS) is 19.7. The Morgan fingerprint density at radius 2 is 2.21 bits per heavy atom. The predicted molar refractivity (Wildman–Crippen MR) is 78.0 cm³/mol. The van der Waals surface area contributed by atoms with Gasteiger partial charge in [0.1, 0.15) is 0 Å². The third-order valence-electron chi connectivity index (χ3n) is 3.95. The van der Waals surface area contributed by atoms with Crippen molar-refractivity contribution in [3.8, 4) is 11.5 Å². The summed E-state index contributed by atoms with van der Waals surface area (Å²) in [5.41, 5.74) is 2.32. The number of phenolic OH excluding ortho intramolecular Hbond substituents is 1. The molecule has 106 valence electrons. The molecule has 2 rings (SSSR count). The zero-order chi connectivity index (χ0) is 13.8. The van der Waals surface area contributed by atoms with Gasteiger partial charge in [-0.15, -0.1) is 0 Å². The molecule has 3 nitrogen and oxygen atoms in total. The molecule has 0 radical (unpaired) electrons. The summed E-state index contributed by atoms with van der Waals surface area (Å²) in [4.78, 5) is 0. The number of hydrogen-bond donors (Lipinski definition) is 2. The maximum Gasteiger partial charge on any atom is 0.163 e. The van der Waals surface area contributed by atoms with E-state index in [1.54, 1.807) is 7.11 Å². The molecule has 1 aromatic carbocycles. The maximum atomic E-state index is 10.1. The maximum absolute atomic E-state index is 10.1. The molecule has 0 amide bonds. The van der Waals surface area contributed by atoms with E-state index in [9.17, 15) is 5.11 Å². The van der Waals surface area contributed by atoms with E-state index in [0.29, 0.717) is 17.6 Å². The van der Waals surface area contributed by atoms with Gasteiger partial charge in [0.05, 0.1) is 7.11 Å². The third kappa shape index (κ3) is 3.41. The van der Waals surface area contributed by atoms with Crippen molar-refractivity contribution in [2.24, 2.45) is 5.92 Å². The Balaban J connectivity index is 2.25. The second-order valence-corrected chi connectivity index (χ2v) is 5.80. The number of nitrogens with one attached hydrogen (secondary N) is 1. The lowest BCUT2D eigenvalue weighted by Crippen LogP contribution is -2.30. The molecule has 1 aromatic rings. The molecule has 2 N–H and O–H groups in total. The van der Waals surface area contributed by atoms with Crippen molar-refractivity contribution in [1.82, 2.24) is 5.32 Å². The molecule has 0 bridgehead atoms. The van der Waals surface area contributed by atoms with E-state index in [1.807, 2.05) is 6.07 Å². The van der Waals surface area contributed by atoms with Crippen LogP contribution in [0.3, 0.4) is 0 Å². The monoisotopic (exact) mass is 263 g/mol. The average Bonchev–Trinajstić information content (AvgIpc) is 2.39. The van der Waals surface area contributed by atoms with Crippen LogP contribution in [0.1, 0.15) is 43.7 Å². The van der Waals surface area contributed by atoms with Crippen molar-refractivity contribution in [2.45, 2.75) is 39.0 Å². The molecule has 19 heavy (non-hydrogen) atoms. The summed E-state index contributed by atoms with van der Waals surface area (Å²) < 4.78 is 5.38. The number of hydrogen-bond acceptors (Lipinski definition) is 3. The first kappa shape index (κ1) is 14.2. The quantitative estimate of drug-likeness (QED) is 0.877. The van der Waals surface area contributed by atoms with E-state index < -0.39 is 0 Å². The summed E-state index contributed by atoms with van der Waals surface area (Å²) in [6, 6.07) is 4.02. The lowest BCUT2D eigenvalue weighted by Gasteiger charge is -2.24. The van der Waals surface area contributed by atoms with Gasteiger partial charge in [0.15, 0.2) is 11.5 Å². The van der Waals surface area contributed by atoms with E-state index >= 15 is 0 Å². The van der Waals surface area contributed by atoms with Crippen LogP contribution in [0.25, 0.3) is 0 Å². The second kappa shape index (κ2) is 6.29. The Labute approximate surface area is 116 Å². The number of ether oxygens (including phenoxy) is 1. The number of phenols is 1. The van der Waals surface area contributed by atoms with E-state index in [-0.39, 0.29) is 5.75 Å². The molecular formula is C16H25NO2. The summed E-state index contributed by atoms with van der Waals surface area (Å²) >= 11 is 0. The van der Waals surface area contributed by atoms with Gasteiger partial charge >= 0.3 is 0 Å². The summed E-state index contributed by atoms with van der Waals surface area (Å²) in [5, 5.41) is 13.6. The molecule has 0 saturated carbocycles. The van der Waals surface area contributed by atoms with Crippen molar-refractivity contribution in [3.63, 3.8) is 0 Å². The van der Waals surface area contributed by atoms with Gasteiger partial charge in [-0.1, -0.05) is 19.9 Å². The van der Waals surface area contributed by atoms with Crippen molar-refractivity contribution in [2.75, 3.05) is 20.2 Å². The fourth-order valence-electron chi connectivity index (χ4n) is 2.83. The summed E-state index contributed by atoms with van der Waals surface area (Å²) in [7, 11) is 1.63. The van der Waals surface area contributed by atoms with E-state index in [0.717, 1.165) is 25.1 Å². The molecule has 0 spiro atoms. The van der Waals surface area contributed by atoms with Gasteiger partial charge in [0.25, 0.3) is 0 Å². The van der Waals surface area contributed by atoms with Gasteiger partial charge in [-0.05, 0) is 61.4 Å². The molecule has 1 aliphatic heterocycles. The molecule has 0 aliphatic carbocycles. The van der Waals surface area contributed by atoms with Crippen LogP contribution in [0.2, 0.25) is 0 Å². The minimum absolute atomic E-state index is 0.271. The molecule has 1 aliphatic rings. The zero-order valence-corrected chi connectivity index (χ0v) is 12.2. The lowest BCUT2D eigenvalue weighted by molar-refractivity contribution is 0.349. The van der Waals surface area contributed by atoms with E-state index in [1.165, 1.54) is 18.4 Å².